The summed E-state index contributed by atoms with van der Waals surface area (Å²) < 4.78 is 0. The number of aliphatic imine (C=N–C) groups is 1. The highest BCUT2D eigenvalue weighted by molar-refractivity contribution is 5.60. The summed E-state index contributed by atoms with van der Waals surface area (Å²) in [6, 6.07) is 0.761. The molecule has 0 unspecified atom stereocenters. The Labute approximate surface area is 69.1 Å². The van der Waals surface area contributed by atoms with Crippen LogP contribution >= 0.6 is 0 Å². The number of hydrogen-bond acceptors (Lipinski definition) is 2. The molecule has 0 heterocycles. The molecule has 11 heavy (non-hydrogen) atoms. The van der Waals surface area contributed by atoms with Crippen LogP contribution in [0.2, 0.25) is 0 Å². The molecule has 1 saturated carbocycles. The van der Waals surface area contributed by atoms with E-state index in [4.69, 9.17) is 0 Å². The van der Waals surface area contributed by atoms with Crippen molar-refractivity contribution in [1.82, 2.24) is 5.32 Å². The first-order chi connectivity index (χ1) is 5.36. The van der Waals surface area contributed by atoms with Gasteiger partial charge in [-0.2, -0.15) is 0 Å². The van der Waals surface area contributed by atoms with Crippen LogP contribution in [-0.2, 0) is 0 Å². The SMILES string of the molecule is C/N=C/C1CCC(NC)CC1. The molecule has 2 heteroatoms. The quantitative estimate of drug-likeness (QED) is 0.598. The molecule has 1 N–H and O–H groups in total. The monoisotopic (exact) mass is 154 g/mol. The van der Waals surface area contributed by atoms with Gasteiger partial charge in [0.1, 0.15) is 0 Å². The smallest absolute Gasteiger partial charge is 0.0273 e. The average Bonchev–Trinajstić information content (AvgIpc) is 2.07. The van der Waals surface area contributed by atoms with Gasteiger partial charge in [0, 0.05) is 19.3 Å². The lowest BCUT2D eigenvalue weighted by molar-refractivity contribution is 0.358. The van der Waals surface area contributed by atoms with Crippen LogP contribution in [0, 0.1) is 5.92 Å². The molecule has 0 bridgehead atoms. The zero-order chi connectivity index (χ0) is 8.10. The fraction of sp³-hybridized carbons (Fsp3) is 0.889. The number of nitrogens with one attached hydrogen (secondary N) is 1. The van der Waals surface area contributed by atoms with Crippen molar-refractivity contribution in [2.45, 2.75) is 31.7 Å². The molecule has 0 spiro atoms. The van der Waals surface area contributed by atoms with Gasteiger partial charge in [0.15, 0.2) is 0 Å². The Morgan fingerprint density at radius 1 is 1.27 bits per heavy atom. The first-order valence-electron chi connectivity index (χ1n) is 4.46. The molecule has 0 saturated heterocycles. The molecule has 0 aliphatic heterocycles. The molecule has 0 atom stereocenters. The van der Waals surface area contributed by atoms with Crippen LogP contribution in [0.25, 0.3) is 0 Å². The molecule has 0 aromatic carbocycles. The Morgan fingerprint density at radius 2 is 1.91 bits per heavy atom. The lowest BCUT2D eigenvalue weighted by Gasteiger charge is -2.25. The highest BCUT2D eigenvalue weighted by atomic mass is 14.9. The first kappa shape index (κ1) is 8.72. The van der Waals surface area contributed by atoms with Crippen molar-refractivity contribution in [2.24, 2.45) is 10.9 Å². The molecule has 1 aliphatic carbocycles. The lowest BCUT2D eigenvalue weighted by atomic mass is 9.87. The summed E-state index contributed by atoms with van der Waals surface area (Å²) in [7, 11) is 3.92. The van der Waals surface area contributed by atoms with Crippen LogP contribution in [0.3, 0.4) is 0 Å². The summed E-state index contributed by atoms with van der Waals surface area (Å²) in [5.74, 6) is 0.754. The zero-order valence-electron chi connectivity index (χ0n) is 7.51. The molecular weight excluding hydrogens is 136 g/mol. The van der Waals surface area contributed by atoms with Crippen LogP contribution in [0.5, 0.6) is 0 Å². The highest BCUT2D eigenvalue weighted by Crippen LogP contribution is 2.22. The van der Waals surface area contributed by atoms with E-state index in [9.17, 15) is 0 Å². The molecule has 2 nitrogen and oxygen atoms in total. The van der Waals surface area contributed by atoms with E-state index in [1.165, 1.54) is 25.7 Å². The van der Waals surface area contributed by atoms with Crippen LogP contribution in [0.15, 0.2) is 4.99 Å². The van der Waals surface area contributed by atoms with Crippen molar-refractivity contribution in [1.29, 1.82) is 0 Å². The number of rotatable bonds is 2. The summed E-state index contributed by atoms with van der Waals surface area (Å²) >= 11 is 0. The van der Waals surface area contributed by atoms with Gasteiger partial charge in [0.05, 0.1) is 0 Å². The molecule has 0 aromatic rings. The molecule has 0 aromatic heterocycles. The third kappa shape index (κ3) is 2.62. The molecule has 0 amide bonds. The minimum Gasteiger partial charge on any atom is -0.317 e. The van der Waals surface area contributed by atoms with Crippen molar-refractivity contribution in [3.05, 3.63) is 0 Å². The second-order valence-electron chi connectivity index (χ2n) is 3.31. The van der Waals surface area contributed by atoms with Gasteiger partial charge in [-0.05, 0) is 38.6 Å². The molecule has 1 aliphatic rings. The maximum atomic E-state index is 4.06. The van der Waals surface area contributed by atoms with Gasteiger partial charge >= 0.3 is 0 Å². The van der Waals surface area contributed by atoms with Gasteiger partial charge in [0.25, 0.3) is 0 Å². The largest absolute Gasteiger partial charge is 0.317 e. The summed E-state index contributed by atoms with van der Waals surface area (Å²) in [5.41, 5.74) is 0. The summed E-state index contributed by atoms with van der Waals surface area (Å²) in [4.78, 5) is 4.06. The number of hydrogen-bond donors (Lipinski definition) is 1. The van der Waals surface area contributed by atoms with Gasteiger partial charge in [-0.25, -0.2) is 0 Å². The van der Waals surface area contributed by atoms with Gasteiger partial charge in [-0.1, -0.05) is 0 Å². The topological polar surface area (TPSA) is 24.4 Å². The number of nitrogens with zero attached hydrogens (tertiary/aromatic N) is 1. The third-order valence-corrected chi connectivity index (χ3v) is 2.54. The fourth-order valence-corrected chi connectivity index (χ4v) is 1.77. The Morgan fingerprint density at radius 3 is 2.36 bits per heavy atom. The van der Waals surface area contributed by atoms with Crippen LogP contribution < -0.4 is 5.32 Å². The first-order valence-corrected chi connectivity index (χ1v) is 4.46. The Kier molecular flexibility index (Phi) is 3.57. The van der Waals surface area contributed by atoms with E-state index >= 15 is 0 Å². The minimum atomic E-state index is 0.754. The maximum absolute atomic E-state index is 4.06. The summed E-state index contributed by atoms with van der Waals surface area (Å²) in [5, 5.41) is 3.32. The zero-order valence-corrected chi connectivity index (χ0v) is 7.51. The molecule has 0 radical (unpaired) electrons. The Balaban J connectivity index is 2.24. The van der Waals surface area contributed by atoms with Crippen LogP contribution in [0.1, 0.15) is 25.7 Å². The van der Waals surface area contributed by atoms with E-state index in [1.54, 1.807) is 0 Å². The lowest BCUT2D eigenvalue weighted by Crippen LogP contribution is -2.30. The maximum Gasteiger partial charge on any atom is 0.0273 e. The van der Waals surface area contributed by atoms with E-state index in [1.807, 2.05) is 7.05 Å². The summed E-state index contributed by atoms with van der Waals surface area (Å²) in [6.45, 7) is 0. The molecule has 64 valence electrons. The van der Waals surface area contributed by atoms with E-state index < -0.39 is 0 Å². The minimum absolute atomic E-state index is 0.754. The van der Waals surface area contributed by atoms with E-state index in [0.717, 1.165) is 12.0 Å². The van der Waals surface area contributed by atoms with Gasteiger partial charge in [0.2, 0.25) is 0 Å². The van der Waals surface area contributed by atoms with Gasteiger partial charge < -0.3 is 10.3 Å². The molecule has 1 fully saturated rings. The van der Waals surface area contributed by atoms with Crippen molar-refractivity contribution in [2.75, 3.05) is 14.1 Å². The van der Waals surface area contributed by atoms with Crippen molar-refractivity contribution >= 4 is 6.21 Å². The fourth-order valence-electron chi connectivity index (χ4n) is 1.77. The summed E-state index contributed by atoms with van der Waals surface area (Å²) in [6.07, 6.45) is 7.35. The van der Waals surface area contributed by atoms with Crippen molar-refractivity contribution in [3.63, 3.8) is 0 Å². The van der Waals surface area contributed by atoms with Gasteiger partial charge in [-0.3, -0.25) is 0 Å². The van der Waals surface area contributed by atoms with Crippen LogP contribution in [-0.4, -0.2) is 26.4 Å². The van der Waals surface area contributed by atoms with E-state index in [-0.39, 0.29) is 0 Å². The Hall–Kier alpha value is -0.370. The van der Waals surface area contributed by atoms with E-state index in [0.29, 0.717) is 0 Å². The van der Waals surface area contributed by atoms with Gasteiger partial charge in [-0.15, -0.1) is 0 Å². The van der Waals surface area contributed by atoms with Crippen molar-refractivity contribution in [3.8, 4) is 0 Å². The standard InChI is InChI=1S/C9H18N2/c1-10-7-8-3-5-9(11-2)6-4-8/h7-9,11H,3-6H2,1-2H3/b10-7+. The predicted molar refractivity (Wildman–Crippen MR) is 49.2 cm³/mol. The average molecular weight is 154 g/mol. The van der Waals surface area contributed by atoms with E-state index in [2.05, 4.69) is 23.6 Å². The normalized spacial score (nSPS) is 32.9. The van der Waals surface area contributed by atoms with Crippen molar-refractivity contribution < 1.29 is 0 Å². The predicted octanol–water partition coefficient (Wildman–Crippen LogP) is 1.47. The highest BCUT2D eigenvalue weighted by Gasteiger charge is 2.17. The molecular formula is C9H18N2. The second-order valence-corrected chi connectivity index (χ2v) is 3.31. The second kappa shape index (κ2) is 4.50. The third-order valence-electron chi connectivity index (χ3n) is 2.54. The Bertz CT molecular complexity index is 124. The van der Waals surface area contributed by atoms with Crippen LogP contribution in [0.4, 0.5) is 0 Å². The molecule has 1 rings (SSSR count).